The quantitative estimate of drug-likeness (QED) is 0.662. The van der Waals surface area contributed by atoms with Gasteiger partial charge in [0, 0.05) is 6.20 Å². The molecule has 0 aliphatic rings. The van der Waals surface area contributed by atoms with Crippen LogP contribution in [0.3, 0.4) is 0 Å². The van der Waals surface area contributed by atoms with E-state index in [1.54, 1.807) is 0 Å². The Bertz CT molecular complexity index is 627. The largest absolute Gasteiger partial charge is 0.418 e. The van der Waals surface area contributed by atoms with Crippen molar-refractivity contribution in [2.24, 2.45) is 0 Å². The molecule has 0 aromatic heterocycles. The zero-order valence-electron chi connectivity index (χ0n) is 9.97. The van der Waals surface area contributed by atoms with E-state index in [4.69, 9.17) is 10.5 Å². The van der Waals surface area contributed by atoms with Gasteiger partial charge in [-0.3, -0.25) is 0 Å². The summed E-state index contributed by atoms with van der Waals surface area (Å²) in [6.07, 6.45) is -9.27. The molecule has 0 radical (unpaired) electrons. The number of alkyl halides is 6. The van der Waals surface area contributed by atoms with E-state index in [0.717, 1.165) is 0 Å². The zero-order chi connectivity index (χ0) is 16.3. The van der Waals surface area contributed by atoms with Gasteiger partial charge < -0.3 is 5.32 Å². The number of anilines is 1. The van der Waals surface area contributed by atoms with Crippen LogP contribution in [0.1, 0.15) is 11.1 Å². The van der Waals surface area contributed by atoms with Gasteiger partial charge in [0.05, 0.1) is 16.8 Å². The third-order valence-electron chi connectivity index (χ3n) is 2.27. The lowest BCUT2D eigenvalue weighted by molar-refractivity contribution is -0.142. The number of hydrogen-bond donors (Lipinski definition) is 1. The van der Waals surface area contributed by atoms with Crippen molar-refractivity contribution >= 4 is 5.69 Å². The lowest BCUT2D eigenvalue weighted by atomic mass is 10.1. The molecular weight excluding hydrogens is 300 g/mol. The third-order valence-corrected chi connectivity index (χ3v) is 2.27. The normalized spacial score (nSPS) is 11.2. The number of benzene rings is 1. The van der Waals surface area contributed by atoms with Crippen molar-refractivity contribution in [1.29, 1.82) is 10.5 Å². The lowest BCUT2D eigenvalue weighted by Gasteiger charge is -2.15. The van der Waals surface area contributed by atoms with Gasteiger partial charge in [0.2, 0.25) is 0 Å². The average Bonchev–Trinajstić information content (AvgIpc) is 2.37. The second-order valence-electron chi connectivity index (χ2n) is 3.68. The Hall–Kier alpha value is -2.68. The molecule has 9 heteroatoms. The number of halogens is 6. The predicted molar refractivity (Wildman–Crippen MR) is 59.4 cm³/mol. The molecule has 0 atom stereocenters. The van der Waals surface area contributed by atoms with Crippen LogP contribution in [-0.4, -0.2) is 0 Å². The Morgan fingerprint density at radius 2 is 1.57 bits per heavy atom. The highest BCUT2D eigenvalue weighted by molar-refractivity contribution is 5.57. The van der Waals surface area contributed by atoms with Crippen molar-refractivity contribution in [2.45, 2.75) is 12.4 Å². The summed E-state index contributed by atoms with van der Waals surface area (Å²) in [5.41, 5.74) is -4.23. The van der Waals surface area contributed by atoms with E-state index in [1.165, 1.54) is 12.1 Å². The van der Waals surface area contributed by atoms with Crippen LogP contribution < -0.4 is 5.32 Å². The van der Waals surface area contributed by atoms with Gasteiger partial charge >= 0.3 is 12.4 Å². The molecule has 0 fully saturated rings. The second-order valence-corrected chi connectivity index (χ2v) is 3.68. The number of hydrogen-bond acceptors (Lipinski definition) is 3. The van der Waals surface area contributed by atoms with Crippen molar-refractivity contribution in [1.82, 2.24) is 0 Å². The van der Waals surface area contributed by atoms with Crippen molar-refractivity contribution in [2.75, 3.05) is 5.32 Å². The number of rotatable bonds is 2. The first kappa shape index (κ1) is 16.4. The maximum absolute atomic E-state index is 12.7. The molecule has 0 aliphatic carbocycles. The molecule has 0 unspecified atom stereocenters. The first-order chi connectivity index (χ1) is 9.59. The van der Waals surface area contributed by atoms with Crippen molar-refractivity contribution in [3.8, 4) is 12.1 Å². The highest BCUT2D eigenvalue weighted by atomic mass is 19.4. The minimum atomic E-state index is -5.03. The maximum atomic E-state index is 12.7. The van der Waals surface area contributed by atoms with Gasteiger partial charge in [-0.25, -0.2) is 0 Å². The SMILES string of the molecule is N#CC(C#N)=CNc1ccc(C(F)(F)F)cc1C(F)(F)F. The molecule has 21 heavy (non-hydrogen) atoms. The number of nitriles is 2. The first-order valence-electron chi connectivity index (χ1n) is 5.15. The van der Waals surface area contributed by atoms with Crippen molar-refractivity contribution < 1.29 is 26.3 Å². The average molecular weight is 305 g/mol. The Morgan fingerprint density at radius 3 is 2.00 bits per heavy atom. The molecular formula is C12H5F6N3. The minimum Gasteiger partial charge on any atom is -0.359 e. The number of allylic oxidation sites excluding steroid dienone is 1. The Labute approximate surface area is 114 Å². The molecule has 1 aromatic carbocycles. The predicted octanol–water partition coefficient (Wildman–Crippen LogP) is 4.07. The Kier molecular flexibility index (Phi) is 4.48. The van der Waals surface area contributed by atoms with Gasteiger partial charge in [0.25, 0.3) is 0 Å². The van der Waals surface area contributed by atoms with Crippen LogP contribution in [0.5, 0.6) is 0 Å². The second kappa shape index (κ2) is 5.75. The van der Waals surface area contributed by atoms with E-state index in [-0.39, 0.29) is 6.07 Å². The highest BCUT2D eigenvalue weighted by Gasteiger charge is 2.38. The number of nitrogens with zero attached hydrogens (tertiary/aromatic N) is 2. The van der Waals surface area contributed by atoms with Crippen molar-refractivity contribution in [3.05, 3.63) is 41.1 Å². The highest BCUT2D eigenvalue weighted by Crippen LogP contribution is 2.39. The van der Waals surface area contributed by atoms with E-state index < -0.39 is 34.7 Å². The van der Waals surface area contributed by atoms with Gasteiger partial charge in [-0.1, -0.05) is 0 Å². The third kappa shape index (κ3) is 4.14. The topological polar surface area (TPSA) is 59.6 Å². The fraction of sp³-hybridized carbons (Fsp3) is 0.167. The Balaban J connectivity index is 3.32. The molecule has 0 amide bonds. The molecule has 0 spiro atoms. The first-order valence-corrected chi connectivity index (χ1v) is 5.15. The fourth-order valence-electron chi connectivity index (χ4n) is 1.32. The van der Waals surface area contributed by atoms with Crippen LogP contribution in [0.25, 0.3) is 0 Å². The van der Waals surface area contributed by atoms with Crippen LogP contribution in [0.15, 0.2) is 30.0 Å². The van der Waals surface area contributed by atoms with Gasteiger partial charge in [-0.2, -0.15) is 36.9 Å². The molecule has 0 saturated heterocycles. The van der Waals surface area contributed by atoms with Crippen LogP contribution in [-0.2, 0) is 12.4 Å². The van der Waals surface area contributed by atoms with Crippen LogP contribution in [0, 0.1) is 22.7 Å². The summed E-state index contributed by atoms with van der Waals surface area (Å²) >= 11 is 0. The zero-order valence-corrected chi connectivity index (χ0v) is 9.97. The van der Waals surface area contributed by atoms with Crippen molar-refractivity contribution in [3.63, 3.8) is 0 Å². The summed E-state index contributed by atoms with van der Waals surface area (Å²) in [4.78, 5) is 0. The summed E-state index contributed by atoms with van der Waals surface area (Å²) in [5.74, 6) is 0. The standard InChI is InChI=1S/C12H5F6N3/c13-11(14,15)8-1-2-10(9(3-8)12(16,17)18)21-6-7(4-19)5-20/h1-3,6,21H. The van der Waals surface area contributed by atoms with Crippen LogP contribution in [0.4, 0.5) is 32.0 Å². The van der Waals surface area contributed by atoms with Gasteiger partial charge in [-0.05, 0) is 18.2 Å². The van der Waals surface area contributed by atoms with E-state index >= 15 is 0 Å². The summed E-state index contributed by atoms with van der Waals surface area (Å²) in [5, 5.41) is 18.9. The van der Waals surface area contributed by atoms with Gasteiger partial charge in [-0.15, -0.1) is 0 Å². The van der Waals surface area contributed by atoms with E-state index in [9.17, 15) is 26.3 Å². The van der Waals surface area contributed by atoms with E-state index in [2.05, 4.69) is 0 Å². The molecule has 0 saturated carbocycles. The van der Waals surface area contributed by atoms with E-state index in [0.29, 0.717) is 18.3 Å². The molecule has 1 rings (SSSR count). The van der Waals surface area contributed by atoms with Gasteiger partial charge in [0.15, 0.2) is 0 Å². The summed E-state index contributed by atoms with van der Waals surface area (Å²) in [6.45, 7) is 0. The fourth-order valence-corrected chi connectivity index (χ4v) is 1.32. The number of nitrogens with one attached hydrogen (secondary N) is 1. The summed E-state index contributed by atoms with van der Waals surface area (Å²) in [7, 11) is 0. The molecule has 3 nitrogen and oxygen atoms in total. The molecule has 0 bridgehead atoms. The Morgan fingerprint density at radius 1 is 1.00 bits per heavy atom. The molecule has 0 aliphatic heterocycles. The van der Waals surface area contributed by atoms with Crippen LogP contribution in [0.2, 0.25) is 0 Å². The molecule has 1 N–H and O–H groups in total. The van der Waals surface area contributed by atoms with E-state index in [1.807, 2.05) is 5.32 Å². The summed E-state index contributed by atoms with van der Waals surface area (Å²) < 4.78 is 75.5. The molecule has 0 heterocycles. The maximum Gasteiger partial charge on any atom is 0.418 e. The smallest absolute Gasteiger partial charge is 0.359 e. The van der Waals surface area contributed by atoms with Gasteiger partial charge in [0.1, 0.15) is 17.7 Å². The lowest BCUT2D eigenvalue weighted by Crippen LogP contribution is -2.13. The summed E-state index contributed by atoms with van der Waals surface area (Å²) in [6, 6.07) is 3.78. The molecule has 1 aromatic rings. The van der Waals surface area contributed by atoms with Crippen LogP contribution >= 0.6 is 0 Å². The monoisotopic (exact) mass is 305 g/mol. The minimum absolute atomic E-state index is 0.0470. The molecule has 110 valence electrons.